The highest BCUT2D eigenvalue weighted by molar-refractivity contribution is 8.00. The average Bonchev–Trinajstić information content (AvgIpc) is 3.55. The van der Waals surface area contributed by atoms with Crippen molar-refractivity contribution >= 4 is 63.6 Å². The molecule has 4 aromatic carbocycles. The van der Waals surface area contributed by atoms with E-state index >= 15 is 0 Å². The molecular weight excluding hydrogens is 722 g/mol. The van der Waals surface area contributed by atoms with Crippen molar-refractivity contribution in [3.05, 3.63) is 153 Å². The van der Waals surface area contributed by atoms with Gasteiger partial charge in [0.25, 0.3) is 11.8 Å². The molecule has 276 valence electrons. The second-order valence-electron chi connectivity index (χ2n) is 12.7. The molecule has 0 saturated heterocycles. The molecule has 3 N–H and O–H groups in total. The molecule has 2 unspecified atom stereocenters. The van der Waals surface area contributed by atoms with Gasteiger partial charge in [0.2, 0.25) is 5.91 Å². The second-order valence-corrected chi connectivity index (χ2v) is 15.0. The summed E-state index contributed by atoms with van der Waals surface area (Å²) in [6.07, 6.45) is 4.17. The van der Waals surface area contributed by atoms with Gasteiger partial charge in [-0.1, -0.05) is 79.7 Å². The number of hydrogen-bond acceptors (Lipinski definition) is 7. The Morgan fingerprint density at radius 2 is 1.63 bits per heavy atom. The number of thioether (sulfide) groups is 1. The SMILES string of the molecule is CCOC(=O)c1c(NC(=O)C(CC)Sc2cccc(NC(=O)/C(=C/c3ccccc3F)NC(=O)c3ccccc3)c2)sc2c1CCC(c1ccccc1)C2. The molecule has 8 nitrogen and oxygen atoms in total. The van der Waals surface area contributed by atoms with E-state index in [4.69, 9.17) is 4.74 Å². The van der Waals surface area contributed by atoms with E-state index < -0.39 is 28.9 Å². The van der Waals surface area contributed by atoms with Crippen LogP contribution in [0.4, 0.5) is 15.1 Å². The van der Waals surface area contributed by atoms with E-state index in [1.807, 2.05) is 31.2 Å². The average molecular weight is 762 g/mol. The van der Waals surface area contributed by atoms with Gasteiger partial charge in [0.15, 0.2) is 0 Å². The molecule has 0 radical (unpaired) electrons. The van der Waals surface area contributed by atoms with Crippen LogP contribution in [0.25, 0.3) is 6.08 Å². The van der Waals surface area contributed by atoms with Gasteiger partial charge in [0.1, 0.15) is 16.5 Å². The number of carbonyl (C=O) groups is 4. The number of halogens is 1. The third-order valence-corrected chi connectivity index (χ3v) is 11.5. The van der Waals surface area contributed by atoms with Crippen LogP contribution in [-0.4, -0.2) is 35.5 Å². The molecule has 6 rings (SSSR count). The van der Waals surface area contributed by atoms with Gasteiger partial charge in [-0.3, -0.25) is 14.4 Å². The maximum atomic E-state index is 14.6. The maximum Gasteiger partial charge on any atom is 0.341 e. The lowest BCUT2D eigenvalue weighted by molar-refractivity contribution is -0.116. The summed E-state index contributed by atoms with van der Waals surface area (Å²) in [5.74, 6) is -2.09. The lowest BCUT2D eigenvalue weighted by Crippen LogP contribution is -2.30. The van der Waals surface area contributed by atoms with Crippen LogP contribution < -0.4 is 16.0 Å². The van der Waals surface area contributed by atoms with Gasteiger partial charge in [-0.05, 0) is 92.1 Å². The molecule has 0 saturated carbocycles. The number of anilines is 2. The summed E-state index contributed by atoms with van der Waals surface area (Å²) in [4.78, 5) is 55.5. The summed E-state index contributed by atoms with van der Waals surface area (Å²) in [6, 6.07) is 31.7. The number of carbonyl (C=O) groups excluding carboxylic acids is 4. The smallest absolute Gasteiger partial charge is 0.341 e. The highest BCUT2D eigenvalue weighted by Gasteiger charge is 2.32. The molecule has 0 spiro atoms. The van der Waals surface area contributed by atoms with E-state index in [0.29, 0.717) is 45.5 Å². The Morgan fingerprint density at radius 3 is 2.35 bits per heavy atom. The predicted molar refractivity (Wildman–Crippen MR) is 213 cm³/mol. The lowest BCUT2D eigenvalue weighted by atomic mass is 9.83. The molecule has 0 bridgehead atoms. The van der Waals surface area contributed by atoms with Gasteiger partial charge in [-0.15, -0.1) is 23.1 Å². The molecule has 1 aromatic heterocycles. The third-order valence-electron chi connectivity index (χ3n) is 9.02. The van der Waals surface area contributed by atoms with E-state index in [0.717, 1.165) is 23.3 Å². The summed E-state index contributed by atoms with van der Waals surface area (Å²) in [5, 5.41) is 8.47. The number of amides is 3. The minimum absolute atomic E-state index is 0.130. The summed E-state index contributed by atoms with van der Waals surface area (Å²) < 4.78 is 20.0. The van der Waals surface area contributed by atoms with Crippen molar-refractivity contribution in [3.8, 4) is 0 Å². The first-order valence-corrected chi connectivity index (χ1v) is 19.5. The zero-order chi connectivity index (χ0) is 38.0. The zero-order valence-electron chi connectivity index (χ0n) is 29.9. The number of hydrogen-bond donors (Lipinski definition) is 3. The fourth-order valence-electron chi connectivity index (χ4n) is 6.32. The minimum atomic E-state index is -0.655. The number of fused-ring (bicyclic) bond motifs is 1. The van der Waals surface area contributed by atoms with Crippen molar-refractivity contribution < 1.29 is 28.3 Å². The van der Waals surface area contributed by atoms with E-state index in [2.05, 4.69) is 28.1 Å². The number of rotatable bonds is 13. The largest absolute Gasteiger partial charge is 0.462 e. The highest BCUT2D eigenvalue weighted by Crippen LogP contribution is 2.43. The summed E-state index contributed by atoms with van der Waals surface area (Å²) >= 11 is 2.77. The van der Waals surface area contributed by atoms with E-state index in [1.54, 1.807) is 61.5 Å². The number of esters is 1. The van der Waals surface area contributed by atoms with Crippen LogP contribution in [0.2, 0.25) is 0 Å². The first-order valence-electron chi connectivity index (χ1n) is 17.8. The van der Waals surface area contributed by atoms with E-state index in [-0.39, 0.29) is 23.8 Å². The van der Waals surface area contributed by atoms with Crippen LogP contribution in [-0.2, 0) is 27.2 Å². The summed E-state index contributed by atoms with van der Waals surface area (Å²) in [6.45, 7) is 3.90. The molecule has 54 heavy (non-hydrogen) atoms. The van der Waals surface area contributed by atoms with Gasteiger partial charge in [0.05, 0.1) is 17.4 Å². The first kappa shape index (κ1) is 38.2. The molecule has 11 heteroatoms. The first-order chi connectivity index (χ1) is 26.2. The van der Waals surface area contributed by atoms with Crippen molar-refractivity contribution in [1.82, 2.24) is 5.32 Å². The molecule has 3 amide bonds. The van der Waals surface area contributed by atoms with Gasteiger partial charge in [0, 0.05) is 26.6 Å². The van der Waals surface area contributed by atoms with Crippen LogP contribution in [0.3, 0.4) is 0 Å². The number of nitrogens with one attached hydrogen (secondary N) is 3. The Kier molecular flexibility index (Phi) is 12.7. The Bertz CT molecular complexity index is 2170. The van der Waals surface area contributed by atoms with Crippen molar-refractivity contribution in [2.75, 3.05) is 17.2 Å². The van der Waals surface area contributed by atoms with Crippen LogP contribution in [0.15, 0.2) is 120 Å². The van der Waals surface area contributed by atoms with E-state index in [1.165, 1.54) is 52.9 Å². The minimum Gasteiger partial charge on any atom is -0.462 e. The van der Waals surface area contributed by atoms with Crippen molar-refractivity contribution in [1.29, 1.82) is 0 Å². The Labute approximate surface area is 322 Å². The molecule has 5 aromatic rings. The monoisotopic (exact) mass is 761 g/mol. The lowest BCUT2D eigenvalue weighted by Gasteiger charge is -2.23. The molecule has 1 aliphatic rings. The maximum absolute atomic E-state index is 14.6. The normalized spacial score (nSPS) is 14.4. The topological polar surface area (TPSA) is 114 Å². The summed E-state index contributed by atoms with van der Waals surface area (Å²) in [7, 11) is 0. The molecule has 2 atom stereocenters. The Balaban J connectivity index is 1.18. The quantitative estimate of drug-likeness (QED) is 0.0627. The number of benzene rings is 4. The van der Waals surface area contributed by atoms with Crippen molar-refractivity contribution in [2.24, 2.45) is 0 Å². The molecule has 0 aliphatic heterocycles. The van der Waals surface area contributed by atoms with Crippen LogP contribution in [0, 0.1) is 5.82 Å². The molecule has 1 heterocycles. The van der Waals surface area contributed by atoms with E-state index in [9.17, 15) is 23.6 Å². The van der Waals surface area contributed by atoms with Gasteiger partial charge in [-0.25, -0.2) is 9.18 Å². The molecular formula is C43H40FN3O5S2. The predicted octanol–water partition coefficient (Wildman–Crippen LogP) is 9.26. The van der Waals surface area contributed by atoms with Crippen LogP contribution in [0.5, 0.6) is 0 Å². The van der Waals surface area contributed by atoms with Gasteiger partial charge >= 0.3 is 5.97 Å². The summed E-state index contributed by atoms with van der Waals surface area (Å²) in [5.41, 5.74) is 3.38. The van der Waals surface area contributed by atoms with Gasteiger partial charge in [-0.2, -0.15) is 0 Å². The number of thiophene rings is 1. The molecule has 1 aliphatic carbocycles. The highest BCUT2D eigenvalue weighted by atomic mass is 32.2. The Hall–Kier alpha value is -5.52. The standard InChI is InChI=1S/C43H40FN3O5S2/c1-3-36(41(50)47-42-38(43(51)52-4-2)33-23-22-29(25-37(33)54-42)27-14-7-5-8-15-27)53-32-20-13-19-31(26-32)45-40(49)35(24-30-18-11-12-21-34(30)44)46-39(48)28-16-9-6-10-17-28/h5-21,24,26,29,36H,3-4,22-23,25H2,1-2H3,(H,45,49)(H,46,48)(H,47,50)/b35-24-. The molecule has 0 fully saturated rings. The van der Waals surface area contributed by atoms with Crippen molar-refractivity contribution in [3.63, 3.8) is 0 Å². The Morgan fingerprint density at radius 1 is 0.907 bits per heavy atom. The van der Waals surface area contributed by atoms with Crippen LogP contribution in [0.1, 0.15) is 74.9 Å². The van der Waals surface area contributed by atoms with Crippen LogP contribution >= 0.6 is 23.1 Å². The van der Waals surface area contributed by atoms with Gasteiger partial charge < -0.3 is 20.7 Å². The number of ether oxygens (including phenoxy) is 1. The third kappa shape index (κ3) is 9.34. The fraction of sp³-hybridized carbons (Fsp3) is 0.209. The fourth-order valence-corrected chi connectivity index (χ4v) is 8.65. The zero-order valence-corrected chi connectivity index (χ0v) is 31.5. The van der Waals surface area contributed by atoms with Crippen molar-refractivity contribution in [2.45, 2.75) is 55.6 Å². The second kappa shape index (κ2) is 18.0.